The summed E-state index contributed by atoms with van der Waals surface area (Å²) in [6.45, 7) is 2.41. The van der Waals surface area contributed by atoms with Crippen LogP contribution in [0.4, 0.5) is 0 Å². The van der Waals surface area contributed by atoms with Gasteiger partial charge in [-0.2, -0.15) is 0 Å². The molecule has 0 aliphatic carbocycles. The third-order valence-electron chi connectivity index (χ3n) is 4.66. The van der Waals surface area contributed by atoms with Crippen LogP contribution >= 0.6 is 12.2 Å². The number of hydrogen-bond donors (Lipinski definition) is 0. The molecule has 2 heteroatoms. The van der Waals surface area contributed by atoms with Crippen molar-refractivity contribution in [1.82, 2.24) is 4.90 Å². The van der Waals surface area contributed by atoms with Crippen molar-refractivity contribution in [3.63, 3.8) is 0 Å². The summed E-state index contributed by atoms with van der Waals surface area (Å²) in [5.74, 6) is 0. The summed E-state index contributed by atoms with van der Waals surface area (Å²) < 4.78 is 0. The molecule has 122 valence electrons. The molecule has 1 aromatic rings. The lowest BCUT2D eigenvalue weighted by molar-refractivity contribution is 0.341. The second kappa shape index (κ2) is 10.8. The Morgan fingerprint density at radius 2 is 1.45 bits per heavy atom. The van der Waals surface area contributed by atoms with E-state index < -0.39 is 0 Å². The van der Waals surface area contributed by atoms with Gasteiger partial charge in [0.15, 0.2) is 0 Å². The Balaban J connectivity index is 1.42. The molecule has 1 nitrogen and oxygen atoms in total. The molecule has 0 bridgehead atoms. The molecule has 1 aromatic carbocycles. The largest absolute Gasteiger partial charge is 0.366 e. The highest BCUT2D eigenvalue weighted by atomic mass is 32.1. The van der Waals surface area contributed by atoms with Gasteiger partial charge in [0, 0.05) is 13.1 Å². The van der Waals surface area contributed by atoms with E-state index in [0.717, 1.165) is 6.42 Å². The minimum atomic E-state index is 1.14. The quantitative estimate of drug-likeness (QED) is 0.420. The summed E-state index contributed by atoms with van der Waals surface area (Å²) in [5, 5.41) is 0. The number of unbranched alkanes of at least 4 members (excludes halogenated alkanes) is 5. The zero-order valence-electron chi connectivity index (χ0n) is 13.9. The van der Waals surface area contributed by atoms with Crippen molar-refractivity contribution in [1.29, 1.82) is 0 Å². The van der Waals surface area contributed by atoms with Crippen LogP contribution < -0.4 is 0 Å². The normalized spacial score (nSPS) is 15.0. The first kappa shape index (κ1) is 17.5. The van der Waals surface area contributed by atoms with E-state index in [4.69, 9.17) is 12.2 Å². The van der Waals surface area contributed by atoms with Crippen LogP contribution in [-0.2, 0) is 6.42 Å². The summed E-state index contributed by atoms with van der Waals surface area (Å²) in [6, 6.07) is 10.8. The number of nitrogens with zero attached hydrogens (tertiary/aromatic N) is 1. The van der Waals surface area contributed by atoms with Crippen molar-refractivity contribution in [3.8, 4) is 0 Å². The molecule has 0 unspecified atom stereocenters. The number of hydrogen-bond acceptors (Lipinski definition) is 1. The van der Waals surface area contributed by atoms with Gasteiger partial charge in [0.1, 0.15) is 0 Å². The molecule has 0 radical (unpaired) electrons. The van der Waals surface area contributed by atoms with E-state index in [0.29, 0.717) is 0 Å². The fourth-order valence-electron chi connectivity index (χ4n) is 3.26. The van der Waals surface area contributed by atoms with Gasteiger partial charge >= 0.3 is 0 Å². The predicted molar refractivity (Wildman–Crippen MR) is 100 cm³/mol. The molecular formula is C20H31NS. The van der Waals surface area contributed by atoms with E-state index >= 15 is 0 Å². The average molecular weight is 318 g/mol. The average Bonchev–Trinajstić information content (AvgIpc) is 2.59. The van der Waals surface area contributed by atoms with Gasteiger partial charge in [0.25, 0.3) is 0 Å². The van der Waals surface area contributed by atoms with Crippen molar-refractivity contribution >= 4 is 17.2 Å². The molecule has 22 heavy (non-hydrogen) atoms. The van der Waals surface area contributed by atoms with Crippen molar-refractivity contribution in [2.45, 2.75) is 70.6 Å². The van der Waals surface area contributed by atoms with E-state index in [1.54, 1.807) is 0 Å². The number of thiocarbonyl (C=S) groups is 1. The number of benzene rings is 1. The standard InChI is InChI=1S/C20H31NS/c22-20(21-17-11-6-12-18-21)16-10-4-2-1-3-7-13-19-14-8-5-9-15-19/h5,8-9,14-15H,1-4,6-7,10-13,16-18H2. The molecule has 0 amide bonds. The molecule has 1 heterocycles. The zero-order valence-corrected chi connectivity index (χ0v) is 14.8. The van der Waals surface area contributed by atoms with Crippen LogP contribution in [0.5, 0.6) is 0 Å². The van der Waals surface area contributed by atoms with E-state index in [2.05, 4.69) is 35.2 Å². The topological polar surface area (TPSA) is 3.24 Å². The minimum absolute atomic E-state index is 1.14. The van der Waals surface area contributed by atoms with Crippen molar-refractivity contribution in [3.05, 3.63) is 35.9 Å². The molecule has 1 aliphatic rings. The van der Waals surface area contributed by atoms with Gasteiger partial charge in [0.2, 0.25) is 0 Å². The minimum Gasteiger partial charge on any atom is -0.366 e. The predicted octanol–water partition coefficient (Wildman–Crippen LogP) is 5.77. The van der Waals surface area contributed by atoms with Crippen LogP contribution in [0, 0.1) is 0 Å². The van der Waals surface area contributed by atoms with Gasteiger partial charge in [-0.05, 0) is 50.5 Å². The molecule has 2 rings (SSSR count). The number of likely N-dealkylation sites (tertiary alicyclic amines) is 1. The van der Waals surface area contributed by atoms with E-state index in [-0.39, 0.29) is 0 Å². The van der Waals surface area contributed by atoms with Gasteiger partial charge < -0.3 is 4.90 Å². The molecule has 0 aromatic heterocycles. The zero-order chi connectivity index (χ0) is 15.5. The molecule has 1 fully saturated rings. The maximum Gasteiger partial charge on any atom is 0.0779 e. The Morgan fingerprint density at radius 1 is 0.818 bits per heavy atom. The van der Waals surface area contributed by atoms with Gasteiger partial charge in [-0.3, -0.25) is 0 Å². The smallest absolute Gasteiger partial charge is 0.0779 e. The summed E-state index contributed by atoms with van der Waals surface area (Å²) in [6.07, 6.45) is 14.5. The number of rotatable bonds is 9. The van der Waals surface area contributed by atoms with Crippen LogP contribution in [0.15, 0.2) is 30.3 Å². The fourth-order valence-corrected chi connectivity index (χ4v) is 3.59. The Kier molecular flexibility index (Phi) is 8.55. The van der Waals surface area contributed by atoms with Crippen molar-refractivity contribution in [2.24, 2.45) is 0 Å². The van der Waals surface area contributed by atoms with E-state index in [1.165, 1.54) is 87.8 Å². The Hall–Kier alpha value is -0.890. The van der Waals surface area contributed by atoms with Gasteiger partial charge in [-0.25, -0.2) is 0 Å². The van der Waals surface area contributed by atoms with Crippen LogP contribution in [0.25, 0.3) is 0 Å². The molecule has 0 saturated carbocycles. The summed E-state index contributed by atoms with van der Waals surface area (Å²) in [5.41, 5.74) is 1.48. The lowest BCUT2D eigenvalue weighted by Gasteiger charge is -2.29. The Bertz CT molecular complexity index is 409. The Morgan fingerprint density at radius 3 is 2.18 bits per heavy atom. The Labute approximate surface area is 142 Å². The molecular weight excluding hydrogens is 286 g/mol. The summed E-state index contributed by atoms with van der Waals surface area (Å²) >= 11 is 5.57. The lowest BCUT2D eigenvalue weighted by Crippen LogP contribution is -2.34. The van der Waals surface area contributed by atoms with Crippen LogP contribution in [-0.4, -0.2) is 23.0 Å². The van der Waals surface area contributed by atoms with Crippen LogP contribution in [0.1, 0.15) is 69.8 Å². The molecule has 1 saturated heterocycles. The number of piperidine rings is 1. The lowest BCUT2D eigenvalue weighted by atomic mass is 10.0. The highest BCUT2D eigenvalue weighted by Gasteiger charge is 2.12. The molecule has 0 spiro atoms. The summed E-state index contributed by atoms with van der Waals surface area (Å²) in [4.78, 5) is 3.67. The monoisotopic (exact) mass is 317 g/mol. The number of aryl methyl sites for hydroxylation is 1. The molecule has 0 N–H and O–H groups in total. The maximum absolute atomic E-state index is 5.57. The second-order valence-electron chi connectivity index (χ2n) is 6.55. The van der Waals surface area contributed by atoms with Crippen molar-refractivity contribution < 1.29 is 0 Å². The fraction of sp³-hybridized carbons (Fsp3) is 0.650. The third kappa shape index (κ3) is 6.91. The van der Waals surface area contributed by atoms with E-state index in [1.807, 2.05) is 0 Å². The SMILES string of the molecule is S=C(CCCCCCCCc1ccccc1)N1CCCCC1. The first-order valence-electron chi connectivity index (χ1n) is 9.18. The third-order valence-corrected chi connectivity index (χ3v) is 5.12. The molecule has 0 atom stereocenters. The second-order valence-corrected chi connectivity index (χ2v) is 7.02. The molecule has 1 aliphatic heterocycles. The van der Waals surface area contributed by atoms with Gasteiger partial charge in [-0.15, -0.1) is 0 Å². The first-order valence-corrected chi connectivity index (χ1v) is 9.59. The highest BCUT2D eigenvalue weighted by molar-refractivity contribution is 7.80. The van der Waals surface area contributed by atoms with Gasteiger partial charge in [-0.1, -0.05) is 68.2 Å². The van der Waals surface area contributed by atoms with Crippen molar-refractivity contribution in [2.75, 3.05) is 13.1 Å². The van der Waals surface area contributed by atoms with E-state index in [9.17, 15) is 0 Å². The van der Waals surface area contributed by atoms with Crippen LogP contribution in [0.2, 0.25) is 0 Å². The maximum atomic E-state index is 5.57. The summed E-state index contributed by atoms with van der Waals surface area (Å²) in [7, 11) is 0. The highest BCUT2D eigenvalue weighted by Crippen LogP contribution is 2.14. The van der Waals surface area contributed by atoms with Crippen LogP contribution in [0.3, 0.4) is 0 Å². The van der Waals surface area contributed by atoms with Gasteiger partial charge in [0.05, 0.1) is 4.99 Å². The first-order chi connectivity index (χ1) is 10.9.